The molecule has 108 valence electrons. The molecule has 0 radical (unpaired) electrons. The van der Waals surface area contributed by atoms with Gasteiger partial charge >= 0.3 is 0 Å². The fourth-order valence-electron chi connectivity index (χ4n) is 2.74. The summed E-state index contributed by atoms with van der Waals surface area (Å²) in [5, 5.41) is 13.6. The maximum absolute atomic E-state index is 9.32. The summed E-state index contributed by atoms with van der Waals surface area (Å²) < 4.78 is 0. The fraction of sp³-hybridized carbons (Fsp3) is 0.250. The third-order valence-corrected chi connectivity index (χ3v) is 4.14. The van der Waals surface area contributed by atoms with Gasteiger partial charge in [-0.25, -0.2) is 15.0 Å². The van der Waals surface area contributed by atoms with Crippen molar-refractivity contribution in [1.82, 2.24) is 19.9 Å². The van der Waals surface area contributed by atoms with Crippen molar-refractivity contribution in [1.29, 1.82) is 5.26 Å². The highest BCUT2D eigenvalue weighted by Crippen LogP contribution is 2.34. The molecule has 6 heteroatoms. The Hall–Kier alpha value is -2.94. The van der Waals surface area contributed by atoms with Gasteiger partial charge in [-0.1, -0.05) is 0 Å². The van der Waals surface area contributed by atoms with Gasteiger partial charge in [0, 0.05) is 29.5 Å². The molecule has 0 atom stereocenters. The van der Waals surface area contributed by atoms with Crippen LogP contribution in [0.25, 0.3) is 22.4 Å². The number of rotatable bonds is 3. The molecule has 0 bridgehead atoms. The van der Waals surface area contributed by atoms with Gasteiger partial charge in [-0.2, -0.15) is 5.26 Å². The summed E-state index contributed by atoms with van der Waals surface area (Å²) in [6, 6.07) is 8.04. The van der Waals surface area contributed by atoms with Gasteiger partial charge in [-0.3, -0.25) is 0 Å². The molecule has 22 heavy (non-hydrogen) atoms. The number of pyridine rings is 1. The summed E-state index contributed by atoms with van der Waals surface area (Å²) in [5.41, 5.74) is 1.26. The Kier molecular flexibility index (Phi) is 2.79. The molecule has 3 aromatic rings. The van der Waals surface area contributed by atoms with Crippen molar-refractivity contribution in [3.05, 3.63) is 36.8 Å². The van der Waals surface area contributed by atoms with Gasteiger partial charge in [0.1, 0.15) is 17.0 Å². The second-order valence-corrected chi connectivity index (χ2v) is 5.54. The molecule has 1 saturated carbocycles. The van der Waals surface area contributed by atoms with E-state index in [-0.39, 0.29) is 0 Å². The summed E-state index contributed by atoms with van der Waals surface area (Å²) in [5.74, 6) is 1.31. The molecule has 4 rings (SSSR count). The average Bonchev–Trinajstić information content (AvgIpc) is 2.95. The molecule has 3 heterocycles. The van der Waals surface area contributed by atoms with Crippen LogP contribution in [0.5, 0.6) is 0 Å². The lowest BCUT2D eigenvalue weighted by atomic mass is 9.78. The van der Waals surface area contributed by atoms with Gasteiger partial charge in [0.2, 0.25) is 0 Å². The zero-order valence-corrected chi connectivity index (χ0v) is 11.9. The maximum Gasteiger partial charge on any atom is 0.163 e. The maximum atomic E-state index is 9.32. The normalized spacial score (nSPS) is 16.0. The first-order chi connectivity index (χ1) is 10.8. The zero-order chi connectivity index (χ0) is 15.0. The number of nitriles is 1. The minimum atomic E-state index is -0.465. The minimum absolute atomic E-state index is 0.465. The number of aromatic amines is 1. The van der Waals surface area contributed by atoms with E-state index in [1.54, 1.807) is 18.5 Å². The number of hydrogen-bond donors (Lipinski definition) is 2. The van der Waals surface area contributed by atoms with Crippen molar-refractivity contribution < 1.29 is 0 Å². The molecule has 1 fully saturated rings. The fourth-order valence-corrected chi connectivity index (χ4v) is 2.74. The Balaban J connectivity index is 1.72. The molecule has 3 aromatic heterocycles. The molecule has 0 spiro atoms. The highest BCUT2D eigenvalue weighted by Gasteiger charge is 2.37. The molecule has 0 unspecified atom stereocenters. The molecule has 6 nitrogen and oxygen atoms in total. The van der Waals surface area contributed by atoms with Crippen LogP contribution in [0.15, 0.2) is 36.8 Å². The van der Waals surface area contributed by atoms with Crippen LogP contribution in [0, 0.1) is 11.3 Å². The lowest BCUT2D eigenvalue weighted by molar-refractivity contribution is 0.355. The van der Waals surface area contributed by atoms with Crippen LogP contribution in [0.3, 0.4) is 0 Å². The number of anilines is 1. The number of hydrogen-bond acceptors (Lipinski definition) is 5. The molecule has 1 aliphatic rings. The summed E-state index contributed by atoms with van der Waals surface area (Å²) in [7, 11) is 0. The molecule has 0 saturated heterocycles. The van der Waals surface area contributed by atoms with Crippen molar-refractivity contribution in [3.8, 4) is 17.5 Å². The first kappa shape index (κ1) is 12.8. The lowest BCUT2D eigenvalue weighted by Gasteiger charge is -2.36. The van der Waals surface area contributed by atoms with Crippen molar-refractivity contribution in [2.75, 3.05) is 5.32 Å². The number of nitrogens with zero attached hydrogens (tertiary/aromatic N) is 4. The van der Waals surface area contributed by atoms with Crippen molar-refractivity contribution in [2.24, 2.45) is 0 Å². The van der Waals surface area contributed by atoms with Gasteiger partial charge in [0.05, 0.1) is 6.07 Å². The highest BCUT2D eigenvalue weighted by molar-refractivity contribution is 5.91. The standard InChI is InChI=1S/C16H14N6/c17-10-16(5-2-6-16)22-13-4-8-19-15(21-13)12-9-20-14-11(12)3-1-7-18-14/h1,3-4,7-9H,2,5-6H2,(H,18,20)(H,19,21,22). The van der Waals surface area contributed by atoms with Crippen LogP contribution >= 0.6 is 0 Å². The molecule has 0 aromatic carbocycles. The number of fused-ring (bicyclic) bond motifs is 1. The van der Waals surface area contributed by atoms with E-state index in [0.29, 0.717) is 11.6 Å². The van der Waals surface area contributed by atoms with Gasteiger partial charge < -0.3 is 10.3 Å². The van der Waals surface area contributed by atoms with Crippen molar-refractivity contribution in [3.63, 3.8) is 0 Å². The van der Waals surface area contributed by atoms with Gasteiger partial charge in [-0.05, 0) is 37.5 Å². The Morgan fingerprint density at radius 2 is 2.14 bits per heavy atom. The number of H-pyrrole nitrogens is 1. The van der Waals surface area contributed by atoms with Crippen LogP contribution in [-0.4, -0.2) is 25.5 Å². The molecular formula is C16H14N6. The first-order valence-corrected chi connectivity index (χ1v) is 7.25. The molecule has 1 aliphatic carbocycles. The molecule has 0 aliphatic heterocycles. The van der Waals surface area contributed by atoms with Crippen LogP contribution < -0.4 is 5.32 Å². The topological polar surface area (TPSA) is 90.3 Å². The van der Waals surface area contributed by atoms with Crippen LogP contribution in [0.4, 0.5) is 5.82 Å². The zero-order valence-electron chi connectivity index (χ0n) is 11.9. The van der Waals surface area contributed by atoms with E-state index in [4.69, 9.17) is 0 Å². The van der Waals surface area contributed by atoms with Gasteiger partial charge in [0.25, 0.3) is 0 Å². The van der Waals surface area contributed by atoms with Crippen LogP contribution in [0.2, 0.25) is 0 Å². The van der Waals surface area contributed by atoms with Gasteiger partial charge in [-0.15, -0.1) is 0 Å². The Morgan fingerprint density at radius 3 is 2.91 bits per heavy atom. The third kappa shape index (κ3) is 1.99. The minimum Gasteiger partial charge on any atom is -0.352 e. The largest absolute Gasteiger partial charge is 0.352 e. The van der Waals surface area contributed by atoms with Gasteiger partial charge in [0.15, 0.2) is 5.82 Å². The Bertz CT molecular complexity index is 871. The molecule has 2 N–H and O–H groups in total. The van der Waals surface area contributed by atoms with E-state index in [1.807, 2.05) is 18.3 Å². The summed E-state index contributed by atoms with van der Waals surface area (Å²) >= 11 is 0. The predicted molar refractivity (Wildman–Crippen MR) is 82.9 cm³/mol. The summed E-state index contributed by atoms with van der Waals surface area (Å²) in [6.07, 6.45) is 8.12. The van der Waals surface area contributed by atoms with Crippen molar-refractivity contribution >= 4 is 16.9 Å². The Labute approximate surface area is 127 Å². The van der Waals surface area contributed by atoms with Crippen molar-refractivity contribution in [2.45, 2.75) is 24.8 Å². The van der Waals surface area contributed by atoms with Crippen LogP contribution in [0.1, 0.15) is 19.3 Å². The van der Waals surface area contributed by atoms with E-state index in [2.05, 4.69) is 31.3 Å². The second-order valence-electron chi connectivity index (χ2n) is 5.54. The summed E-state index contributed by atoms with van der Waals surface area (Å²) in [4.78, 5) is 16.3. The SMILES string of the molecule is N#CC1(Nc2ccnc(-c3c[nH]c4ncccc34)n2)CCC1. The van der Waals surface area contributed by atoms with E-state index in [1.165, 1.54) is 0 Å². The molecular weight excluding hydrogens is 276 g/mol. The third-order valence-electron chi connectivity index (χ3n) is 4.14. The second kappa shape index (κ2) is 4.81. The van der Waals surface area contributed by atoms with Crippen LogP contribution in [-0.2, 0) is 0 Å². The number of aromatic nitrogens is 4. The average molecular weight is 290 g/mol. The van der Waals surface area contributed by atoms with E-state index in [0.717, 1.165) is 35.9 Å². The first-order valence-electron chi connectivity index (χ1n) is 7.25. The predicted octanol–water partition coefficient (Wildman–Crippen LogP) is 2.88. The smallest absolute Gasteiger partial charge is 0.163 e. The quantitative estimate of drug-likeness (QED) is 0.774. The van der Waals surface area contributed by atoms with E-state index in [9.17, 15) is 5.26 Å². The molecule has 0 amide bonds. The van der Waals surface area contributed by atoms with E-state index < -0.39 is 5.54 Å². The lowest BCUT2D eigenvalue weighted by Crippen LogP contribution is -2.43. The summed E-state index contributed by atoms with van der Waals surface area (Å²) in [6.45, 7) is 0. The Morgan fingerprint density at radius 1 is 1.23 bits per heavy atom. The van der Waals surface area contributed by atoms with E-state index >= 15 is 0 Å². The highest BCUT2D eigenvalue weighted by atomic mass is 15.1. The monoisotopic (exact) mass is 290 g/mol. The number of nitrogens with one attached hydrogen (secondary N) is 2.